The molecule has 7 heteroatoms. The van der Waals surface area contributed by atoms with Crippen LogP contribution in [0.3, 0.4) is 0 Å². The van der Waals surface area contributed by atoms with Gasteiger partial charge in [0.2, 0.25) is 5.91 Å². The molecular formula is C11H18ClN3O3. The maximum Gasteiger partial charge on any atom is 0.255 e. The molecule has 0 bridgehead atoms. The zero-order chi connectivity index (χ0) is 12.7. The van der Waals surface area contributed by atoms with Crippen LogP contribution in [0.1, 0.15) is 17.3 Å². The van der Waals surface area contributed by atoms with E-state index < -0.39 is 6.04 Å². The van der Waals surface area contributed by atoms with Crippen LogP contribution in [0, 0.1) is 0 Å². The van der Waals surface area contributed by atoms with E-state index in [4.69, 9.17) is 4.42 Å². The second-order valence-electron chi connectivity index (χ2n) is 3.60. The molecule has 0 aliphatic carbocycles. The van der Waals surface area contributed by atoms with Gasteiger partial charge in [0.25, 0.3) is 5.91 Å². The molecular weight excluding hydrogens is 258 g/mol. The molecule has 1 aromatic rings. The first kappa shape index (κ1) is 16.5. The monoisotopic (exact) mass is 275 g/mol. The minimum Gasteiger partial charge on any atom is -0.472 e. The van der Waals surface area contributed by atoms with Gasteiger partial charge in [0, 0.05) is 13.1 Å². The van der Waals surface area contributed by atoms with Crippen LogP contribution in [-0.4, -0.2) is 38.0 Å². The van der Waals surface area contributed by atoms with Gasteiger partial charge in [0.05, 0.1) is 11.8 Å². The number of halogens is 1. The summed E-state index contributed by atoms with van der Waals surface area (Å²) in [6, 6.07) is 0.968. The Balaban J connectivity index is 0.00000289. The Hall–Kier alpha value is -1.53. The molecule has 18 heavy (non-hydrogen) atoms. The molecule has 1 heterocycles. The van der Waals surface area contributed by atoms with Gasteiger partial charge >= 0.3 is 0 Å². The number of carbonyl (C=O) groups excluding carboxylic acids is 2. The van der Waals surface area contributed by atoms with E-state index in [-0.39, 0.29) is 24.2 Å². The molecule has 1 aromatic heterocycles. The summed E-state index contributed by atoms with van der Waals surface area (Å²) < 4.78 is 4.79. The maximum atomic E-state index is 11.6. The minimum atomic E-state index is -0.575. The fraction of sp³-hybridized carbons (Fsp3) is 0.455. The molecule has 0 aliphatic rings. The summed E-state index contributed by atoms with van der Waals surface area (Å²) in [5.74, 6) is -0.535. The van der Waals surface area contributed by atoms with E-state index in [1.165, 1.54) is 12.5 Å². The molecule has 0 radical (unpaired) electrons. The third-order valence-electron chi connectivity index (χ3n) is 2.20. The first-order chi connectivity index (χ1) is 8.15. The quantitative estimate of drug-likeness (QED) is 0.646. The van der Waals surface area contributed by atoms with E-state index in [2.05, 4.69) is 16.0 Å². The molecule has 0 fully saturated rings. The highest BCUT2D eigenvalue weighted by molar-refractivity contribution is 5.97. The van der Waals surface area contributed by atoms with Gasteiger partial charge in [-0.05, 0) is 20.0 Å². The van der Waals surface area contributed by atoms with Crippen LogP contribution < -0.4 is 16.0 Å². The highest BCUT2D eigenvalue weighted by Crippen LogP contribution is 1.99. The van der Waals surface area contributed by atoms with Gasteiger partial charge in [-0.1, -0.05) is 0 Å². The highest BCUT2D eigenvalue weighted by Gasteiger charge is 2.16. The van der Waals surface area contributed by atoms with Crippen LogP contribution in [0.5, 0.6) is 0 Å². The highest BCUT2D eigenvalue weighted by atomic mass is 35.5. The van der Waals surface area contributed by atoms with E-state index in [0.717, 1.165) is 0 Å². The van der Waals surface area contributed by atoms with Gasteiger partial charge in [-0.25, -0.2) is 0 Å². The summed E-state index contributed by atoms with van der Waals surface area (Å²) in [4.78, 5) is 23.1. The summed E-state index contributed by atoms with van der Waals surface area (Å²) >= 11 is 0. The van der Waals surface area contributed by atoms with Crippen molar-refractivity contribution < 1.29 is 14.0 Å². The standard InChI is InChI=1S/C11H17N3O3.ClH/c1-8(10(15)13-5-4-12-2)14-11(16)9-3-6-17-7-9;/h3,6-8,12H,4-5H2,1-2H3,(H,13,15)(H,14,16);1H. The molecule has 0 aliphatic heterocycles. The number of likely N-dealkylation sites (N-methyl/N-ethyl adjacent to an activating group) is 1. The van der Waals surface area contributed by atoms with Gasteiger partial charge in [-0.3, -0.25) is 9.59 Å². The average Bonchev–Trinajstić information content (AvgIpc) is 2.82. The summed E-state index contributed by atoms with van der Waals surface area (Å²) in [5, 5.41) is 8.18. The van der Waals surface area contributed by atoms with Gasteiger partial charge in [-0.2, -0.15) is 0 Å². The summed E-state index contributed by atoms with van der Waals surface area (Å²) in [6.07, 6.45) is 2.74. The summed E-state index contributed by atoms with van der Waals surface area (Å²) in [5.41, 5.74) is 0.403. The predicted octanol–water partition coefficient (Wildman–Crippen LogP) is 0.155. The SMILES string of the molecule is CNCCNC(=O)C(C)NC(=O)c1ccoc1.Cl. The molecule has 1 unspecified atom stereocenters. The molecule has 0 saturated heterocycles. The van der Waals surface area contributed by atoms with Crippen molar-refractivity contribution in [3.63, 3.8) is 0 Å². The van der Waals surface area contributed by atoms with Crippen LogP contribution in [0.4, 0.5) is 0 Å². The molecule has 0 aromatic carbocycles. The Morgan fingerprint density at radius 2 is 2.11 bits per heavy atom. The van der Waals surface area contributed by atoms with Crippen LogP contribution in [0.2, 0.25) is 0 Å². The fourth-order valence-corrected chi connectivity index (χ4v) is 1.20. The van der Waals surface area contributed by atoms with E-state index in [1.54, 1.807) is 20.0 Å². The Labute approximate surface area is 112 Å². The maximum absolute atomic E-state index is 11.6. The number of carbonyl (C=O) groups is 2. The molecule has 0 spiro atoms. The van der Waals surface area contributed by atoms with Crippen LogP contribution in [0.15, 0.2) is 23.0 Å². The Morgan fingerprint density at radius 3 is 2.67 bits per heavy atom. The van der Waals surface area contributed by atoms with E-state index >= 15 is 0 Å². The van der Waals surface area contributed by atoms with E-state index in [9.17, 15) is 9.59 Å². The zero-order valence-electron chi connectivity index (χ0n) is 10.4. The van der Waals surface area contributed by atoms with E-state index in [1.807, 2.05) is 0 Å². The number of rotatable bonds is 6. The van der Waals surface area contributed by atoms with Crippen molar-refractivity contribution in [2.24, 2.45) is 0 Å². The van der Waals surface area contributed by atoms with Crippen LogP contribution >= 0.6 is 12.4 Å². The summed E-state index contributed by atoms with van der Waals surface area (Å²) in [7, 11) is 1.80. The average molecular weight is 276 g/mol. The second kappa shape index (κ2) is 8.54. The Kier molecular flexibility index (Phi) is 7.82. The number of furan rings is 1. The molecule has 102 valence electrons. The fourth-order valence-electron chi connectivity index (χ4n) is 1.20. The number of amides is 2. The molecule has 1 atom stereocenters. The first-order valence-electron chi connectivity index (χ1n) is 5.40. The minimum absolute atomic E-state index is 0. The lowest BCUT2D eigenvalue weighted by atomic mass is 10.2. The normalized spacial score (nSPS) is 11.2. The number of hydrogen-bond donors (Lipinski definition) is 3. The number of hydrogen-bond acceptors (Lipinski definition) is 4. The van der Waals surface area contributed by atoms with Crippen LogP contribution in [0.25, 0.3) is 0 Å². The van der Waals surface area contributed by atoms with Gasteiger partial charge in [0.1, 0.15) is 12.3 Å². The molecule has 6 nitrogen and oxygen atoms in total. The van der Waals surface area contributed by atoms with Crippen molar-refractivity contribution >= 4 is 24.2 Å². The van der Waals surface area contributed by atoms with Crippen molar-refractivity contribution in [1.82, 2.24) is 16.0 Å². The van der Waals surface area contributed by atoms with Crippen molar-refractivity contribution in [2.45, 2.75) is 13.0 Å². The largest absolute Gasteiger partial charge is 0.472 e. The lowest BCUT2D eigenvalue weighted by Gasteiger charge is -2.13. The first-order valence-corrected chi connectivity index (χ1v) is 5.40. The zero-order valence-corrected chi connectivity index (χ0v) is 11.2. The number of nitrogens with one attached hydrogen (secondary N) is 3. The predicted molar refractivity (Wildman–Crippen MR) is 69.8 cm³/mol. The third kappa shape index (κ3) is 5.20. The van der Waals surface area contributed by atoms with Crippen molar-refractivity contribution in [1.29, 1.82) is 0 Å². The molecule has 2 amide bonds. The lowest BCUT2D eigenvalue weighted by Crippen LogP contribution is -2.46. The van der Waals surface area contributed by atoms with E-state index in [0.29, 0.717) is 18.7 Å². The second-order valence-corrected chi connectivity index (χ2v) is 3.60. The van der Waals surface area contributed by atoms with Crippen molar-refractivity contribution in [3.8, 4) is 0 Å². The Morgan fingerprint density at radius 1 is 1.39 bits per heavy atom. The third-order valence-corrected chi connectivity index (χ3v) is 2.20. The Bertz CT molecular complexity index is 368. The van der Waals surface area contributed by atoms with Gasteiger partial charge in [0.15, 0.2) is 0 Å². The molecule has 3 N–H and O–H groups in total. The molecule has 1 rings (SSSR count). The lowest BCUT2D eigenvalue weighted by molar-refractivity contribution is -0.122. The van der Waals surface area contributed by atoms with Gasteiger partial charge < -0.3 is 20.4 Å². The van der Waals surface area contributed by atoms with Crippen molar-refractivity contribution in [3.05, 3.63) is 24.2 Å². The summed E-state index contributed by atoms with van der Waals surface area (Å²) in [6.45, 7) is 2.85. The smallest absolute Gasteiger partial charge is 0.255 e. The molecule has 0 saturated carbocycles. The topological polar surface area (TPSA) is 83.4 Å². The van der Waals surface area contributed by atoms with Gasteiger partial charge in [-0.15, -0.1) is 12.4 Å². The van der Waals surface area contributed by atoms with Crippen LogP contribution in [-0.2, 0) is 4.79 Å². The van der Waals surface area contributed by atoms with Crippen molar-refractivity contribution in [2.75, 3.05) is 20.1 Å².